The Kier molecular flexibility index (Phi) is 6.99. The van der Waals surface area contributed by atoms with Crippen molar-refractivity contribution >= 4 is 29.7 Å². The van der Waals surface area contributed by atoms with E-state index in [9.17, 15) is 9.59 Å². The van der Waals surface area contributed by atoms with Crippen LogP contribution in [0.2, 0.25) is 5.02 Å². The number of methoxy groups -OCH3 is 1. The Bertz CT molecular complexity index is 806. The third-order valence-corrected chi connectivity index (χ3v) is 3.30. The summed E-state index contributed by atoms with van der Waals surface area (Å²) < 4.78 is 15.5. The Balaban J connectivity index is 1.94. The number of rotatable bonds is 7. The van der Waals surface area contributed by atoms with Gasteiger partial charge in [0.1, 0.15) is 17.2 Å². The summed E-state index contributed by atoms with van der Waals surface area (Å²) in [5, 5.41) is 4.42. The Morgan fingerprint density at radius 1 is 1.15 bits per heavy atom. The molecule has 2 aromatic rings. The first kappa shape index (κ1) is 19.3. The van der Waals surface area contributed by atoms with E-state index in [1.807, 2.05) is 0 Å². The van der Waals surface area contributed by atoms with Crippen LogP contribution < -0.4 is 19.6 Å². The molecule has 0 spiro atoms. The minimum atomic E-state index is -0.467. The Hall–Kier alpha value is -3.06. The third-order valence-electron chi connectivity index (χ3n) is 3.05. The molecule has 2 aromatic carbocycles. The fourth-order valence-corrected chi connectivity index (χ4v) is 2.01. The maximum absolute atomic E-state index is 11.8. The molecule has 0 aliphatic rings. The van der Waals surface area contributed by atoms with E-state index in [1.165, 1.54) is 20.2 Å². The summed E-state index contributed by atoms with van der Waals surface area (Å²) in [7, 11) is 1.51. The first-order chi connectivity index (χ1) is 12.5. The number of esters is 1. The summed E-state index contributed by atoms with van der Waals surface area (Å²) in [6, 6.07) is 11.5. The van der Waals surface area contributed by atoms with Crippen molar-refractivity contribution in [1.29, 1.82) is 0 Å². The van der Waals surface area contributed by atoms with Gasteiger partial charge in [0, 0.05) is 17.5 Å². The molecule has 0 heterocycles. The van der Waals surface area contributed by atoms with Crippen LogP contribution in [0.15, 0.2) is 47.6 Å². The molecule has 2 rings (SSSR count). The topological polar surface area (TPSA) is 86.2 Å². The van der Waals surface area contributed by atoms with Gasteiger partial charge in [-0.05, 0) is 42.5 Å². The highest BCUT2D eigenvalue weighted by molar-refractivity contribution is 6.30. The molecule has 0 saturated carbocycles. The summed E-state index contributed by atoms with van der Waals surface area (Å²) in [4.78, 5) is 22.9. The summed E-state index contributed by atoms with van der Waals surface area (Å²) in [6.07, 6.45) is 1.35. The van der Waals surface area contributed by atoms with Gasteiger partial charge in [-0.2, -0.15) is 5.10 Å². The van der Waals surface area contributed by atoms with Crippen LogP contribution in [0.4, 0.5) is 0 Å². The molecule has 0 radical (unpaired) electrons. The number of benzene rings is 2. The molecule has 8 heteroatoms. The molecule has 136 valence electrons. The molecule has 0 aromatic heterocycles. The van der Waals surface area contributed by atoms with Gasteiger partial charge in [-0.15, -0.1) is 0 Å². The molecule has 0 bridgehead atoms. The molecule has 26 heavy (non-hydrogen) atoms. The third kappa shape index (κ3) is 6.10. The zero-order valence-electron chi connectivity index (χ0n) is 14.2. The van der Waals surface area contributed by atoms with Crippen molar-refractivity contribution in [3.63, 3.8) is 0 Å². The van der Waals surface area contributed by atoms with Gasteiger partial charge >= 0.3 is 5.97 Å². The van der Waals surface area contributed by atoms with E-state index < -0.39 is 11.9 Å². The predicted octanol–water partition coefficient (Wildman–Crippen LogP) is 2.80. The van der Waals surface area contributed by atoms with Crippen LogP contribution in [0.1, 0.15) is 12.5 Å². The van der Waals surface area contributed by atoms with Crippen molar-refractivity contribution in [3.8, 4) is 17.2 Å². The normalized spacial score (nSPS) is 10.4. The second-order valence-electron chi connectivity index (χ2n) is 5.03. The van der Waals surface area contributed by atoms with Gasteiger partial charge in [0.05, 0.1) is 13.3 Å². The molecular weight excluding hydrogens is 360 g/mol. The van der Waals surface area contributed by atoms with Crippen LogP contribution >= 0.6 is 11.6 Å². The molecule has 1 N–H and O–H groups in total. The fourth-order valence-electron chi connectivity index (χ4n) is 1.89. The van der Waals surface area contributed by atoms with E-state index in [4.69, 9.17) is 25.8 Å². The lowest BCUT2D eigenvalue weighted by Gasteiger charge is -2.08. The van der Waals surface area contributed by atoms with Crippen LogP contribution in [0.25, 0.3) is 0 Å². The quantitative estimate of drug-likeness (QED) is 0.347. The van der Waals surface area contributed by atoms with E-state index >= 15 is 0 Å². The lowest BCUT2D eigenvalue weighted by molar-refractivity contribution is -0.132. The number of nitrogens with zero attached hydrogens (tertiary/aromatic N) is 1. The van der Waals surface area contributed by atoms with Crippen LogP contribution in [0.5, 0.6) is 17.2 Å². The van der Waals surface area contributed by atoms with Crippen LogP contribution in [0.3, 0.4) is 0 Å². The number of hydrazone groups is 1. The second kappa shape index (κ2) is 9.43. The number of ether oxygens (including phenoxy) is 3. The van der Waals surface area contributed by atoms with Crippen molar-refractivity contribution in [1.82, 2.24) is 5.43 Å². The van der Waals surface area contributed by atoms with Gasteiger partial charge < -0.3 is 14.2 Å². The largest absolute Gasteiger partial charge is 0.497 e. The molecular formula is C18H17ClN2O5. The van der Waals surface area contributed by atoms with E-state index in [2.05, 4.69) is 10.5 Å². The van der Waals surface area contributed by atoms with Crippen molar-refractivity contribution in [2.45, 2.75) is 6.92 Å². The number of hydrogen-bond acceptors (Lipinski definition) is 6. The minimum absolute atomic E-state index is 0.214. The molecule has 0 aliphatic heterocycles. The number of nitrogens with one attached hydrogen (secondary N) is 1. The summed E-state index contributed by atoms with van der Waals surface area (Å²) in [6.45, 7) is 1.08. The van der Waals surface area contributed by atoms with Crippen LogP contribution in [-0.2, 0) is 9.59 Å². The summed E-state index contributed by atoms with van der Waals surface area (Å²) in [5.74, 6) is 0.449. The van der Waals surface area contributed by atoms with Crippen LogP contribution in [-0.4, -0.2) is 31.8 Å². The zero-order chi connectivity index (χ0) is 18.9. The van der Waals surface area contributed by atoms with Crippen molar-refractivity contribution in [3.05, 3.63) is 53.1 Å². The summed E-state index contributed by atoms with van der Waals surface area (Å²) >= 11 is 5.77. The maximum atomic E-state index is 11.8. The number of hydrogen-bond donors (Lipinski definition) is 1. The van der Waals surface area contributed by atoms with Crippen LogP contribution in [0, 0.1) is 0 Å². The zero-order valence-corrected chi connectivity index (χ0v) is 14.9. The van der Waals surface area contributed by atoms with Gasteiger partial charge in [-0.1, -0.05) is 11.6 Å². The molecule has 7 nitrogen and oxygen atoms in total. The lowest BCUT2D eigenvalue weighted by atomic mass is 10.2. The van der Waals surface area contributed by atoms with Gasteiger partial charge in [0.25, 0.3) is 5.91 Å². The maximum Gasteiger partial charge on any atom is 0.308 e. The van der Waals surface area contributed by atoms with E-state index in [1.54, 1.807) is 42.5 Å². The van der Waals surface area contributed by atoms with Crippen molar-refractivity contribution < 1.29 is 23.8 Å². The Morgan fingerprint density at radius 2 is 1.85 bits per heavy atom. The van der Waals surface area contributed by atoms with E-state index in [0.717, 1.165) is 0 Å². The van der Waals surface area contributed by atoms with Gasteiger partial charge in [0.2, 0.25) is 0 Å². The van der Waals surface area contributed by atoms with E-state index in [0.29, 0.717) is 27.8 Å². The fraction of sp³-hybridized carbons (Fsp3) is 0.167. The first-order valence-electron chi connectivity index (χ1n) is 7.54. The highest BCUT2D eigenvalue weighted by Crippen LogP contribution is 2.23. The molecule has 0 atom stereocenters. The number of amides is 1. The van der Waals surface area contributed by atoms with Crippen molar-refractivity contribution in [2.24, 2.45) is 5.10 Å². The monoisotopic (exact) mass is 376 g/mol. The summed E-state index contributed by atoms with van der Waals surface area (Å²) in [5.41, 5.74) is 2.80. The lowest BCUT2D eigenvalue weighted by Crippen LogP contribution is -2.24. The van der Waals surface area contributed by atoms with Gasteiger partial charge in [-0.3, -0.25) is 9.59 Å². The number of carbonyl (C=O) groups is 2. The average molecular weight is 377 g/mol. The number of carbonyl (C=O) groups excluding carboxylic acids is 2. The van der Waals surface area contributed by atoms with E-state index in [-0.39, 0.29) is 6.61 Å². The average Bonchev–Trinajstić information content (AvgIpc) is 2.62. The first-order valence-corrected chi connectivity index (χ1v) is 7.92. The molecule has 1 amide bonds. The Morgan fingerprint density at radius 3 is 2.50 bits per heavy atom. The number of halogens is 1. The minimum Gasteiger partial charge on any atom is -0.497 e. The van der Waals surface area contributed by atoms with Gasteiger partial charge in [0.15, 0.2) is 6.61 Å². The Labute approximate surface area is 155 Å². The SMILES string of the molecule is COc1ccc(OC(C)=O)c(C=NNC(=O)COc2ccc(Cl)cc2)c1. The second-order valence-corrected chi connectivity index (χ2v) is 5.47. The van der Waals surface area contributed by atoms with Gasteiger partial charge in [-0.25, -0.2) is 5.43 Å². The smallest absolute Gasteiger partial charge is 0.308 e. The standard InChI is InChI=1S/C18H17ClN2O5/c1-12(22)26-17-8-7-16(24-2)9-13(17)10-20-21-18(23)11-25-15-5-3-14(19)4-6-15/h3-10H,11H2,1-2H3,(H,21,23). The molecule has 0 aliphatic carbocycles. The highest BCUT2D eigenvalue weighted by atomic mass is 35.5. The molecule has 0 fully saturated rings. The molecule has 0 unspecified atom stereocenters. The highest BCUT2D eigenvalue weighted by Gasteiger charge is 2.07. The van der Waals surface area contributed by atoms with Crippen molar-refractivity contribution in [2.75, 3.05) is 13.7 Å². The molecule has 0 saturated heterocycles. The predicted molar refractivity (Wildman–Crippen MR) is 97.0 cm³/mol.